The fourth-order valence-corrected chi connectivity index (χ4v) is 20.4. The smallest absolute Gasteiger partial charge is 0.297 e. The monoisotopic (exact) mass is 1380 g/mol. The zero-order chi connectivity index (χ0) is 79.5. The van der Waals surface area contributed by atoms with Crippen LogP contribution >= 0.6 is 82.5 Å². The van der Waals surface area contributed by atoms with Gasteiger partial charge in [-0.15, -0.1) is 74.4 Å². The molecule has 10 N–H and O–H groups in total. The number of methoxy groups -OCH3 is 3. The van der Waals surface area contributed by atoms with Crippen LogP contribution in [-0.4, -0.2) is 146 Å². The van der Waals surface area contributed by atoms with Crippen molar-refractivity contribution in [1.82, 2.24) is 23.5 Å². The Balaban J connectivity index is 0.000000386. The Bertz CT molecular complexity index is 3740. The first-order chi connectivity index (χ1) is 47.2. The Morgan fingerprint density at radius 3 is 1.36 bits per heavy atom. The molecule has 4 aromatic rings. The molecule has 0 amide bonds. The highest BCUT2D eigenvalue weighted by Gasteiger charge is 2.43. The molecule has 0 saturated carbocycles. The average Bonchev–Trinajstić information content (AvgIpc) is 1.67. The van der Waals surface area contributed by atoms with Crippen molar-refractivity contribution in [3.8, 4) is 0 Å². The van der Waals surface area contributed by atoms with Crippen LogP contribution < -0.4 is 34.1 Å². The number of hydrogen-bond donors (Lipinski definition) is 6. The summed E-state index contributed by atoms with van der Waals surface area (Å²) < 4.78 is 312. The highest BCUT2D eigenvalue weighted by atomic mass is 35.5. The van der Waals surface area contributed by atoms with Crippen molar-refractivity contribution in [3.63, 3.8) is 0 Å². The lowest BCUT2D eigenvalue weighted by Crippen LogP contribution is -2.43. The summed E-state index contributed by atoms with van der Waals surface area (Å²) in [5, 5.41) is 4.77. The van der Waals surface area contributed by atoms with E-state index in [1.807, 2.05) is 0 Å². The van der Waals surface area contributed by atoms with Crippen LogP contribution in [0, 0.1) is 6.92 Å². The van der Waals surface area contributed by atoms with Crippen LogP contribution in [0.3, 0.4) is 0 Å². The second-order valence-corrected chi connectivity index (χ2v) is 29.6. The molecular weight excluding hydrogens is 1290 g/mol. The van der Waals surface area contributed by atoms with Gasteiger partial charge in [-0.25, -0.2) is 25.3 Å². The van der Waals surface area contributed by atoms with E-state index in [2.05, 4.69) is 58.5 Å². The number of benzene rings is 1. The predicted octanol–water partition coefficient (Wildman–Crippen LogP) is 5.30. The third-order valence-electron chi connectivity index (χ3n) is 10.5. The molecule has 3 aliphatic heterocycles. The average molecular weight is 1380 g/mol. The Morgan fingerprint density at radius 2 is 1.00 bits per heavy atom. The molecule has 0 fully saturated rings. The summed E-state index contributed by atoms with van der Waals surface area (Å²) in [6.45, 7) is -16.9. The molecule has 1 unspecified atom stereocenters. The number of hydrogen-bond acceptors (Lipinski definition) is 30. The Labute approximate surface area is 539 Å². The fraction of sp³-hybridized carbons (Fsp3) is 0.581. The first-order valence-corrected chi connectivity index (χ1v) is 32.4. The topological polar surface area (TPSA) is 367 Å². The molecule has 3 aromatic heterocycles. The van der Waals surface area contributed by atoms with Crippen LogP contribution in [0.15, 0.2) is 72.6 Å². The van der Waals surface area contributed by atoms with E-state index in [-0.39, 0.29) is 125 Å². The normalized spacial score (nSPS) is 24.9. The van der Waals surface area contributed by atoms with Gasteiger partial charge in [0.05, 0.1) is 66.0 Å². The quantitative estimate of drug-likeness (QED) is 0.0138. The molecule has 0 bridgehead atoms. The zero-order valence-electron chi connectivity index (χ0n) is 65.7. The Morgan fingerprint density at radius 1 is 0.630 bits per heavy atom. The lowest BCUT2D eigenvalue weighted by Gasteiger charge is -2.32. The van der Waals surface area contributed by atoms with Crippen LogP contribution in [0.25, 0.3) is 0 Å². The molecule has 27 nitrogen and oxygen atoms in total. The summed E-state index contributed by atoms with van der Waals surface area (Å²) in [6, 6.07) is 8.32. The molecule has 0 radical (unpaired) electrons. The third-order valence-corrected chi connectivity index (χ3v) is 24.5. The number of nitrogens with zero attached hydrogens (tertiary/aromatic N) is 3. The number of sulfonamides is 3. The van der Waals surface area contributed by atoms with E-state index < -0.39 is 120 Å². The Kier molecular flexibility index (Phi) is 20.0. The summed E-state index contributed by atoms with van der Waals surface area (Å²) >= 11 is 4.40. The first kappa shape index (κ1) is 44.2. The molecule has 3 aliphatic rings. The van der Waals surface area contributed by atoms with Crippen LogP contribution in [0.4, 0.5) is 0 Å². The largest absolute Gasteiger partial charge is 0.385 e. The molecule has 7 rings (SSSR count). The number of thiophene rings is 3. The second-order valence-electron chi connectivity index (χ2n) is 15.5. The molecule has 1 aromatic carbocycles. The maximum Gasteiger partial charge on any atom is 0.297 e. The SMILES string of the molecule is Cl.[2H]C([2H])([2H])C([2H])([2H])N.[2H]C([2H])([2H])OCCCN1CC(OS(=O)(=O)c2ccc(C)cc2)c2cc(SOON)sc2S1(=O)=O.[2H]C([2H])([2H])OCCCN1C[C@H](NC([2H])([2H])C([2H])([2H])[2H])c2cc(SOON)sc2S1(=O)=O.[2H]C([2H])([2H])OCCCN1C[C@H](NC([2H])([2H])C([2H])([2H])[2H])c2cc(SOON)sc2S1(=O)=O. The molecule has 0 saturated heterocycles. The van der Waals surface area contributed by atoms with Gasteiger partial charge < -0.3 is 30.6 Å². The minimum atomic E-state index is -4.23. The van der Waals surface area contributed by atoms with Crippen molar-refractivity contribution in [2.24, 2.45) is 23.4 Å². The number of likely N-dealkylation sites (N-methyl/N-ethyl adjacent to an activating group) is 2. The van der Waals surface area contributed by atoms with E-state index in [1.165, 1.54) is 30.3 Å². The molecule has 0 spiro atoms. The molecule has 6 heterocycles. The van der Waals surface area contributed by atoms with Crippen molar-refractivity contribution in [2.45, 2.75) is 95.1 Å². The standard InChI is InChI=1S/C17H22N2O8S4.2C12H21N3O5S3.C2H7N.ClH/c1-12-4-6-13(7-5-12)31(22,23)25-15-11-19(8-3-9-24-2)30(20,21)17-14(15)10-16(28-17)29-27-26-18;2*1-3-14-10-8-15(5-4-6-18-2)23(16,17)12-9(10)7-11(21-12)22-20-19-13;1-2-3;/h4-7,10,15H,3,8-9,11,18H2,1-2H3;2*7,10,14H,3-6,8,13H2,1-2H3;2-3H2,1H3;1H/t;2*10-;;/m.00../s1/i2D3;2*1D3,2D3,3D2;1D3,2D2;. The maximum atomic E-state index is 13.2. The second kappa shape index (κ2) is 36.8. The predicted molar refractivity (Wildman–Crippen MR) is 312 cm³/mol. The number of rotatable bonds is 28. The van der Waals surface area contributed by atoms with Gasteiger partial charge in [0, 0.05) is 130 Å². The van der Waals surface area contributed by atoms with Gasteiger partial charge in [0.25, 0.3) is 40.2 Å². The van der Waals surface area contributed by atoms with Crippen molar-refractivity contribution < 1.29 is 113 Å². The van der Waals surface area contributed by atoms with E-state index in [4.69, 9.17) is 54.8 Å². The minimum Gasteiger partial charge on any atom is -0.385 e. The highest BCUT2D eigenvalue weighted by molar-refractivity contribution is 7.98. The molecular formula is C43H72ClN9O18S10. The van der Waals surface area contributed by atoms with Gasteiger partial charge in [0.1, 0.15) is 18.7 Å². The number of halogens is 1. The van der Waals surface area contributed by atoms with Crippen molar-refractivity contribution >= 4 is 123 Å². The fourth-order valence-electron chi connectivity index (χ4n) is 7.22. The van der Waals surface area contributed by atoms with Crippen molar-refractivity contribution in [3.05, 3.63) is 64.7 Å². The maximum absolute atomic E-state index is 13.2. The van der Waals surface area contributed by atoms with Crippen LogP contribution in [0.1, 0.15) is 113 Å². The molecule has 0 aliphatic carbocycles. The van der Waals surface area contributed by atoms with Crippen LogP contribution in [0.5, 0.6) is 0 Å². The van der Waals surface area contributed by atoms with Gasteiger partial charge in [-0.2, -0.15) is 39.0 Å². The Hall–Kier alpha value is -1.30. The van der Waals surface area contributed by atoms with E-state index in [9.17, 15) is 33.7 Å². The molecule has 38 heteroatoms. The van der Waals surface area contributed by atoms with E-state index in [0.29, 0.717) is 48.8 Å². The van der Waals surface area contributed by atoms with E-state index in [0.717, 1.165) is 52.5 Å². The molecule has 81 heavy (non-hydrogen) atoms. The van der Waals surface area contributed by atoms with Gasteiger partial charge in [-0.3, -0.25) is 4.18 Å². The van der Waals surface area contributed by atoms with Crippen molar-refractivity contribution in [2.75, 3.05) is 99.7 Å². The molecule has 3 atom stereocenters. The van der Waals surface area contributed by atoms with E-state index >= 15 is 0 Å². The van der Waals surface area contributed by atoms with Crippen LogP contribution in [-0.2, 0) is 86.5 Å². The van der Waals surface area contributed by atoms with Gasteiger partial charge in [0.15, 0.2) is 0 Å². The number of nitrogens with two attached hydrogens (primary N) is 4. The summed E-state index contributed by atoms with van der Waals surface area (Å²) in [5.74, 6) is 14.4. The summed E-state index contributed by atoms with van der Waals surface area (Å²) in [6.07, 6.45) is -0.967. The van der Waals surface area contributed by atoms with Gasteiger partial charge in [0.2, 0.25) is 0 Å². The third kappa shape index (κ3) is 20.9. The summed E-state index contributed by atoms with van der Waals surface area (Å²) in [4.78, 5) is 12.0. The number of aryl methyl sites for hydroxylation is 1. The zero-order valence-corrected chi connectivity index (χ0v) is 50.7. The lowest BCUT2D eigenvalue weighted by atomic mass is 10.1. The van der Waals surface area contributed by atoms with Gasteiger partial charge in [-0.05, 0) is 76.0 Å². The molecule has 464 valence electrons. The summed E-state index contributed by atoms with van der Waals surface area (Å²) in [7, 11) is -24.1. The lowest BCUT2D eigenvalue weighted by molar-refractivity contribution is -0.195. The number of ether oxygens (including phenoxy) is 3. The first-order valence-electron chi connectivity index (χ1n) is 34.0. The van der Waals surface area contributed by atoms with E-state index in [1.54, 1.807) is 19.1 Å². The highest BCUT2D eigenvalue weighted by Crippen LogP contribution is 2.46. The van der Waals surface area contributed by atoms with Gasteiger partial charge in [-0.1, -0.05) is 38.3 Å². The number of fused-ring (bicyclic) bond motifs is 3. The minimum absolute atomic E-state index is 0. The summed E-state index contributed by atoms with van der Waals surface area (Å²) in [5.41, 5.74) is 5.95. The van der Waals surface area contributed by atoms with Crippen LogP contribution in [0.2, 0.25) is 0 Å². The number of nitrogens with one attached hydrogen (secondary N) is 2. The van der Waals surface area contributed by atoms with Gasteiger partial charge >= 0.3 is 0 Å². The van der Waals surface area contributed by atoms with Crippen molar-refractivity contribution in [1.29, 1.82) is 0 Å².